The van der Waals surface area contributed by atoms with Crippen LogP contribution in [0.2, 0.25) is 0 Å². The van der Waals surface area contributed by atoms with E-state index >= 15 is 0 Å². The Balaban J connectivity index is 1.71. The molecule has 9 heteroatoms. The molecule has 0 spiro atoms. The number of carbonyl (C=O) groups excluding carboxylic acids is 1. The molecule has 2 aromatic rings. The predicted molar refractivity (Wildman–Crippen MR) is 112 cm³/mol. The van der Waals surface area contributed by atoms with Gasteiger partial charge in [0, 0.05) is 25.6 Å². The van der Waals surface area contributed by atoms with Gasteiger partial charge in [0.1, 0.15) is 11.5 Å². The fourth-order valence-corrected chi connectivity index (χ4v) is 4.14. The Kier molecular flexibility index (Phi) is 7.00. The molecule has 0 aromatic heterocycles. The van der Waals surface area contributed by atoms with Gasteiger partial charge < -0.3 is 24.7 Å². The first-order valence-corrected chi connectivity index (χ1v) is 10.3. The van der Waals surface area contributed by atoms with Crippen LogP contribution in [0.4, 0.5) is 13.2 Å². The van der Waals surface area contributed by atoms with Crippen LogP contribution >= 0.6 is 0 Å². The molecule has 32 heavy (non-hydrogen) atoms. The second kappa shape index (κ2) is 9.38. The Morgan fingerprint density at radius 3 is 2.50 bits per heavy atom. The van der Waals surface area contributed by atoms with Crippen molar-refractivity contribution in [2.75, 3.05) is 33.7 Å². The fraction of sp³-hybridized carbons (Fsp3) is 0.435. The summed E-state index contributed by atoms with van der Waals surface area (Å²) < 4.78 is 40.8. The molecule has 174 valence electrons. The van der Waals surface area contributed by atoms with Gasteiger partial charge in [-0.25, -0.2) is 0 Å². The lowest BCUT2D eigenvalue weighted by Gasteiger charge is -2.46. The number of amides is 1. The molecule has 0 bridgehead atoms. The SMILES string of the molecule is CN(C)CC1CN(C(=O)Cc2ccc(OC(F)(F)F)cc2)CCC1(O)c1cccc(O)c1. The van der Waals surface area contributed by atoms with Crippen molar-refractivity contribution >= 4 is 5.91 Å². The van der Waals surface area contributed by atoms with Gasteiger partial charge in [-0.15, -0.1) is 13.2 Å². The Morgan fingerprint density at radius 2 is 1.91 bits per heavy atom. The van der Waals surface area contributed by atoms with Crippen molar-refractivity contribution in [2.24, 2.45) is 5.92 Å². The van der Waals surface area contributed by atoms with Gasteiger partial charge in [-0.3, -0.25) is 4.79 Å². The number of aliphatic hydroxyl groups is 1. The summed E-state index contributed by atoms with van der Waals surface area (Å²) >= 11 is 0. The molecule has 0 radical (unpaired) electrons. The molecule has 2 unspecified atom stereocenters. The number of phenolic OH excluding ortho intramolecular Hbond substituents is 1. The van der Waals surface area contributed by atoms with Crippen LogP contribution in [0.15, 0.2) is 48.5 Å². The summed E-state index contributed by atoms with van der Waals surface area (Å²) in [4.78, 5) is 16.5. The zero-order chi connectivity index (χ0) is 23.5. The molecule has 1 aliphatic heterocycles. The predicted octanol–water partition coefficient (Wildman–Crippen LogP) is 3.13. The van der Waals surface area contributed by atoms with Crippen LogP contribution in [-0.4, -0.2) is 66.0 Å². The van der Waals surface area contributed by atoms with Gasteiger partial charge in [0.05, 0.1) is 12.0 Å². The largest absolute Gasteiger partial charge is 0.573 e. The molecule has 1 amide bonds. The normalized spacial score (nSPS) is 21.6. The minimum Gasteiger partial charge on any atom is -0.508 e. The molecular weight excluding hydrogens is 425 g/mol. The van der Waals surface area contributed by atoms with E-state index < -0.39 is 12.0 Å². The van der Waals surface area contributed by atoms with E-state index in [2.05, 4.69) is 4.74 Å². The quantitative estimate of drug-likeness (QED) is 0.705. The summed E-state index contributed by atoms with van der Waals surface area (Å²) in [7, 11) is 3.77. The van der Waals surface area contributed by atoms with Crippen molar-refractivity contribution in [3.63, 3.8) is 0 Å². The number of ether oxygens (including phenoxy) is 1. The zero-order valence-electron chi connectivity index (χ0n) is 18.0. The van der Waals surface area contributed by atoms with Crippen LogP contribution in [0, 0.1) is 5.92 Å². The van der Waals surface area contributed by atoms with Crippen LogP contribution < -0.4 is 4.74 Å². The second-order valence-electron chi connectivity index (χ2n) is 8.39. The third kappa shape index (κ3) is 5.92. The maximum atomic E-state index is 12.9. The van der Waals surface area contributed by atoms with Crippen molar-refractivity contribution in [3.05, 3.63) is 59.7 Å². The van der Waals surface area contributed by atoms with Crippen LogP contribution in [-0.2, 0) is 16.8 Å². The third-order valence-electron chi connectivity index (χ3n) is 5.68. The number of carbonyl (C=O) groups is 1. The number of hydrogen-bond donors (Lipinski definition) is 2. The molecule has 1 saturated heterocycles. The van der Waals surface area contributed by atoms with E-state index in [4.69, 9.17) is 0 Å². The smallest absolute Gasteiger partial charge is 0.508 e. The van der Waals surface area contributed by atoms with Crippen molar-refractivity contribution < 1.29 is 32.9 Å². The molecule has 3 rings (SSSR count). The standard InChI is InChI=1S/C23H27F3N2O4/c1-27(2)14-18-15-28(11-10-22(18,31)17-4-3-5-19(29)13-17)21(30)12-16-6-8-20(9-7-16)32-23(24,25)26/h3-9,13,18,29,31H,10-12,14-15H2,1-2H3. The molecule has 0 aliphatic carbocycles. The maximum absolute atomic E-state index is 12.9. The number of piperidine rings is 1. The van der Waals surface area contributed by atoms with Crippen molar-refractivity contribution in [3.8, 4) is 11.5 Å². The fourth-order valence-electron chi connectivity index (χ4n) is 4.14. The van der Waals surface area contributed by atoms with E-state index in [1.807, 2.05) is 19.0 Å². The van der Waals surface area contributed by atoms with Crippen molar-refractivity contribution in [1.29, 1.82) is 0 Å². The lowest BCUT2D eigenvalue weighted by atomic mass is 9.75. The highest BCUT2D eigenvalue weighted by Gasteiger charge is 2.44. The Hall–Kier alpha value is -2.78. The number of aromatic hydroxyl groups is 1. The van der Waals surface area contributed by atoms with E-state index in [9.17, 15) is 28.2 Å². The minimum absolute atomic E-state index is 0.0333. The summed E-state index contributed by atoms with van der Waals surface area (Å²) in [5.41, 5.74) is -0.0182. The minimum atomic E-state index is -4.76. The zero-order valence-corrected chi connectivity index (χ0v) is 18.0. The van der Waals surface area contributed by atoms with E-state index in [1.54, 1.807) is 23.1 Å². The second-order valence-corrected chi connectivity index (χ2v) is 8.39. The number of hydrogen-bond acceptors (Lipinski definition) is 5. The first kappa shape index (κ1) is 23.9. The van der Waals surface area contributed by atoms with Gasteiger partial charge in [-0.1, -0.05) is 24.3 Å². The number of rotatable bonds is 6. The summed E-state index contributed by atoms with van der Waals surface area (Å²) in [6, 6.07) is 11.8. The highest BCUT2D eigenvalue weighted by atomic mass is 19.4. The molecule has 1 aliphatic rings. The van der Waals surface area contributed by atoms with Crippen molar-refractivity contribution in [1.82, 2.24) is 9.80 Å². The summed E-state index contributed by atoms with van der Waals surface area (Å²) in [6.07, 6.45) is -4.43. The molecule has 1 fully saturated rings. The number of phenols is 1. The van der Waals surface area contributed by atoms with Crippen LogP contribution in [0.25, 0.3) is 0 Å². The van der Waals surface area contributed by atoms with Gasteiger partial charge in [-0.2, -0.15) is 0 Å². The highest BCUT2D eigenvalue weighted by molar-refractivity contribution is 5.79. The topological polar surface area (TPSA) is 73.2 Å². The van der Waals surface area contributed by atoms with Gasteiger partial charge >= 0.3 is 6.36 Å². The number of halogens is 3. The third-order valence-corrected chi connectivity index (χ3v) is 5.68. The first-order valence-electron chi connectivity index (χ1n) is 10.3. The summed E-state index contributed by atoms with van der Waals surface area (Å²) in [6.45, 7) is 1.17. The lowest BCUT2D eigenvalue weighted by molar-refractivity contribution is -0.274. The number of benzene rings is 2. The van der Waals surface area contributed by atoms with E-state index in [0.717, 1.165) is 0 Å². The van der Waals surface area contributed by atoms with Gasteiger partial charge in [0.2, 0.25) is 5.91 Å². The van der Waals surface area contributed by atoms with E-state index in [0.29, 0.717) is 37.2 Å². The lowest BCUT2D eigenvalue weighted by Crippen LogP contribution is -2.54. The number of likely N-dealkylation sites (tertiary alicyclic amines) is 1. The summed E-state index contributed by atoms with van der Waals surface area (Å²) in [5, 5.41) is 21.4. The Bertz CT molecular complexity index is 934. The molecule has 6 nitrogen and oxygen atoms in total. The maximum Gasteiger partial charge on any atom is 0.573 e. The number of alkyl halides is 3. The molecule has 2 atom stereocenters. The summed E-state index contributed by atoms with van der Waals surface area (Å²) in [5.74, 6) is -0.736. The van der Waals surface area contributed by atoms with Gasteiger partial charge in [0.15, 0.2) is 0 Å². The average Bonchev–Trinajstić information content (AvgIpc) is 2.69. The monoisotopic (exact) mass is 452 g/mol. The highest BCUT2D eigenvalue weighted by Crippen LogP contribution is 2.39. The van der Waals surface area contributed by atoms with E-state index in [1.165, 1.54) is 30.3 Å². The number of nitrogens with zero attached hydrogens (tertiary/aromatic N) is 2. The van der Waals surface area contributed by atoms with Crippen LogP contribution in [0.1, 0.15) is 17.5 Å². The van der Waals surface area contributed by atoms with Gasteiger partial charge in [-0.05, 0) is 55.9 Å². The van der Waals surface area contributed by atoms with Crippen molar-refractivity contribution in [2.45, 2.75) is 24.8 Å². The van der Waals surface area contributed by atoms with Crippen LogP contribution in [0.5, 0.6) is 11.5 Å². The van der Waals surface area contributed by atoms with E-state index in [-0.39, 0.29) is 29.7 Å². The van der Waals surface area contributed by atoms with Gasteiger partial charge in [0.25, 0.3) is 0 Å². The van der Waals surface area contributed by atoms with Crippen LogP contribution in [0.3, 0.4) is 0 Å². The Morgan fingerprint density at radius 1 is 1.22 bits per heavy atom. The molecular formula is C23H27F3N2O4. The molecule has 0 saturated carbocycles. The Labute approximate surface area is 184 Å². The average molecular weight is 452 g/mol. The first-order chi connectivity index (χ1) is 15.0. The molecule has 2 aromatic carbocycles. The molecule has 2 N–H and O–H groups in total. The molecule has 1 heterocycles.